The Hall–Kier alpha value is -2.16. The fraction of sp³-hybridized carbons (Fsp3) is 0.143. The molecule has 1 amide bonds. The van der Waals surface area contributed by atoms with Crippen LogP contribution < -0.4 is 4.90 Å². The zero-order valence-electron chi connectivity index (χ0n) is 9.71. The van der Waals surface area contributed by atoms with Crippen LogP contribution in [0, 0.1) is 0 Å². The Labute approximate surface area is 101 Å². The molecule has 0 aliphatic heterocycles. The SMILES string of the molecule is CN(C(=O)Cc1ccccc1)c1ccncc1. The average molecular weight is 226 g/mol. The summed E-state index contributed by atoms with van der Waals surface area (Å²) in [4.78, 5) is 17.6. The van der Waals surface area contributed by atoms with Crippen molar-refractivity contribution in [2.24, 2.45) is 0 Å². The molecule has 0 spiro atoms. The molecule has 0 unspecified atom stereocenters. The van der Waals surface area contributed by atoms with Crippen LogP contribution in [0.3, 0.4) is 0 Å². The molecule has 3 heteroatoms. The highest BCUT2D eigenvalue weighted by Gasteiger charge is 2.10. The second-order valence-corrected chi connectivity index (χ2v) is 3.82. The third kappa shape index (κ3) is 2.91. The first kappa shape index (κ1) is 11.3. The van der Waals surface area contributed by atoms with Crippen LogP contribution in [0.25, 0.3) is 0 Å². The van der Waals surface area contributed by atoms with Crippen molar-refractivity contribution in [3.8, 4) is 0 Å². The van der Waals surface area contributed by atoms with Gasteiger partial charge in [0.05, 0.1) is 6.42 Å². The lowest BCUT2D eigenvalue weighted by atomic mass is 10.1. The molecule has 2 aromatic rings. The second kappa shape index (κ2) is 5.25. The molecular formula is C14H14N2O. The number of nitrogens with zero attached hydrogens (tertiary/aromatic N) is 2. The van der Waals surface area contributed by atoms with Crippen LogP contribution in [-0.2, 0) is 11.2 Å². The molecule has 2 rings (SSSR count). The third-order valence-corrected chi connectivity index (χ3v) is 2.62. The number of hydrogen-bond donors (Lipinski definition) is 0. The number of likely N-dealkylation sites (N-methyl/N-ethyl adjacent to an activating group) is 1. The van der Waals surface area contributed by atoms with Gasteiger partial charge in [0, 0.05) is 25.1 Å². The van der Waals surface area contributed by atoms with Crippen LogP contribution in [0.4, 0.5) is 5.69 Å². The van der Waals surface area contributed by atoms with Crippen molar-refractivity contribution in [3.05, 3.63) is 60.4 Å². The van der Waals surface area contributed by atoms with E-state index in [1.807, 2.05) is 42.5 Å². The van der Waals surface area contributed by atoms with E-state index in [2.05, 4.69) is 4.98 Å². The number of amides is 1. The average Bonchev–Trinajstić information content (AvgIpc) is 2.40. The molecule has 86 valence electrons. The highest BCUT2D eigenvalue weighted by atomic mass is 16.2. The number of aromatic nitrogens is 1. The molecule has 1 aromatic heterocycles. The van der Waals surface area contributed by atoms with Crippen molar-refractivity contribution in [1.29, 1.82) is 0 Å². The van der Waals surface area contributed by atoms with Crippen LogP contribution in [0.5, 0.6) is 0 Å². The smallest absolute Gasteiger partial charge is 0.231 e. The molecule has 0 aliphatic rings. The van der Waals surface area contributed by atoms with Crippen LogP contribution in [0.15, 0.2) is 54.9 Å². The minimum Gasteiger partial charge on any atom is -0.315 e. The summed E-state index contributed by atoms with van der Waals surface area (Å²) in [5.74, 6) is 0.0717. The van der Waals surface area contributed by atoms with Crippen LogP contribution in [-0.4, -0.2) is 17.9 Å². The molecule has 0 fully saturated rings. The van der Waals surface area contributed by atoms with E-state index in [0.717, 1.165) is 11.3 Å². The Morgan fingerprint density at radius 1 is 1.12 bits per heavy atom. The molecule has 0 saturated carbocycles. The van der Waals surface area contributed by atoms with Crippen molar-refractivity contribution in [2.75, 3.05) is 11.9 Å². The molecular weight excluding hydrogens is 212 g/mol. The Kier molecular flexibility index (Phi) is 3.50. The van der Waals surface area contributed by atoms with Crippen LogP contribution >= 0.6 is 0 Å². The van der Waals surface area contributed by atoms with Gasteiger partial charge in [0.2, 0.25) is 5.91 Å². The maximum absolute atomic E-state index is 12.0. The van der Waals surface area contributed by atoms with E-state index in [1.54, 1.807) is 24.3 Å². The normalized spacial score (nSPS) is 9.94. The Bertz CT molecular complexity index is 482. The van der Waals surface area contributed by atoms with Crippen molar-refractivity contribution < 1.29 is 4.79 Å². The van der Waals surface area contributed by atoms with Gasteiger partial charge in [-0.15, -0.1) is 0 Å². The van der Waals surface area contributed by atoms with Crippen LogP contribution in [0.2, 0.25) is 0 Å². The highest BCUT2D eigenvalue weighted by Crippen LogP contribution is 2.11. The van der Waals surface area contributed by atoms with E-state index in [-0.39, 0.29) is 5.91 Å². The lowest BCUT2D eigenvalue weighted by Crippen LogP contribution is -2.27. The minimum atomic E-state index is 0.0717. The number of pyridine rings is 1. The topological polar surface area (TPSA) is 33.2 Å². The van der Waals surface area contributed by atoms with Gasteiger partial charge in [-0.25, -0.2) is 0 Å². The first-order valence-electron chi connectivity index (χ1n) is 5.48. The van der Waals surface area contributed by atoms with E-state index in [4.69, 9.17) is 0 Å². The second-order valence-electron chi connectivity index (χ2n) is 3.82. The van der Waals surface area contributed by atoms with Gasteiger partial charge in [0.25, 0.3) is 0 Å². The van der Waals surface area contributed by atoms with Crippen molar-refractivity contribution >= 4 is 11.6 Å². The predicted octanol–water partition coefficient (Wildman–Crippen LogP) is 2.29. The summed E-state index contributed by atoms with van der Waals surface area (Å²) in [6, 6.07) is 13.4. The fourth-order valence-electron chi connectivity index (χ4n) is 1.60. The van der Waals surface area contributed by atoms with Crippen molar-refractivity contribution in [1.82, 2.24) is 4.98 Å². The lowest BCUT2D eigenvalue weighted by molar-refractivity contribution is -0.117. The summed E-state index contributed by atoms with van der Waals surface area (Å²) in [6.45, 7) is 0. The van der Waals surface area contributed by atoms with Gasteiger partial charge < -0.3 is 4.90 Å². The van der Waals surface area contributed by atoms with Gasteiger partial charge >= 0.3 is 0 Å². The summed E-state index contributed by atoms with van der Waals surface area (Å²) in [5.41, 5.74) is 1.89. The molecule has 3 nitrogen and oxygen atoms in total. The number of rotatable bonds is 3. The number of hydrogen-bond acceptors (Lipinski definition) is 2. The summed E-state index contributed by atoms with van der Waals surface area (Å²) in [6.07, 6.45) is 3.78. The monoisotopic (exact) mass is 226 g/mol. The van der Waals surface area contributed by atoms with E-state index in [0.29, 0.717) is 6.42 Å². The number of anilines is 1. The fourth-order valence-corrected chi connectivity index (χ4v) is 1.60. The molecule has 17 heavy (non-hydrogen) atoms. The molecule has 1 heterocycles. The summed E-state index contributed by atoms with van der Waals surface area (Å²) in [5, 5.41) is 0. The zero-order chi connectivity index (χ0) is 12.1. The molecule has 0 bridgehead atoms. The summed E-state index contributed by atoms with van der Waals surface area (Å²) < 4.78 is 0. The first-order valence-corrected chi connectivity index (χ1v) is 5.48. The third-order valence-electron chi connectivity index (χ3n) is 2.62. The lowest BCUT2D eigenvalue weighted by Gasteiger charge is -2.16. The zero-order valence-corrected chi connectivity index (χ0v) is 9.71. The van der Waals surface area contributed by atoms with Gasteiger partial charge in [0.15, 0.2) is 0 Å². The van der Waals surface area contributed by atoms with Gasteiger partial charge in [-0.05, 0) is 17.7 Å². The van der Waals surface area contributed by atoms with E-state index in [9.17, 15) is 4.79 Å². The standard InChI is InChI=1S/C14H14N2O/c1-16(13-7-9-15-10-8-13)14(17)11-12-5-3-2-4-6-12/h2-10H,11H2,1H3. The van der Waals surface area contributed by atoms with Crippen molar-refractivity contribution in [2.45, 2.75) is 6.42 Å². The molecule has 0 atom stereocenters. The van der Waals surface area contributed by atoms with Crippen LogP contribution in [0.1, 0.15) is 5.56 Å². The summed E-state index contributed by atoms with van der Waals surface area (Å²) >= 11 is 0. The maximum Gasteiger partial charge on any atom is 0.231 e. The Morgan fingerprint density at radius 2 is 1.76 bits per heavy atom. The molecule has 0 radical (unpaired) electrons. The number of benzene rings is 1. The molecule has 0 aliphatic carbocycles. The minimum absolute atomic E-state index is 0.0717. The molecule has 1 aromatic carbocycles. The number of carbonyl (C=O) groups excluding carboxylic acids is 1. The maximum atomic E-state index is 12.0. The molecule has 0 N–H and O–H groups in total. The predicted molar refractivity (Wildman–Crippen MR) is 67.8 cm³/mol. The molecule has 0 saturated heterocycles. The van der Waals surface area contributed by atoms with E-state index >= 15 is 0 Å². The first-order chi connectivity index (χ1) is 8.27. The summed E-state index contributed by atoms with van der Waals surface area (Å²) in [7, 11) is 1.78. The van der Waals surface area contributed by atoms with Crippen molar-refractivity contribution in [3.63, 3.8) is 0 Å². The van der Waals surface area contributed by atoms with Gasteiger partial charge in [-0.2, -0.15) is 0 Å². The Morgan fingerprint density at radius 3 is 2.41 bits per heavy atom. The van der Waals surface area contributed by atoms with E-state index in [1.165, 1.54) is 0 Å². The van der Waals surface area contributed by atoms with Gasteiger partial charge in [-0.3, -0.25) is 9.78 Å². The van der Waals surface area contributed by atoms with E-state index < -0.39 is 0 Å². The largest absolute Gasteiger partial charge is 0.315 e. The highest BCUT2D eigenvalue weighted by molar-refractivity contribution is 5.94. The number of carbonyl (C=O) groups is 1. The quantitative estimate of drug-likeness (QED) is 0.804. The van der Waals surface area contributed by atoms with Gasteiger partial charge in [0.1, 0.15) is 0 Å². The Balaban J connectivity index is 2.06. The van der Waals surface area contributed by atoms with Gasteiger partial charge in [-0.1, -0.05) is 30.3 Å².